The summed E-state index contributed by atoms with van der Waals surface area (Å²) >= 11 is 0. The monoisotopic (exact) mass is 516 g/mol. The third kappa shape index (κ3) is 10.3. The molecule has 1 amide bonds. The third-order valence-electron chi connectivity index (χ3n) is 4.98. The van der Waals surface area contributed by atoms with Gasteiger partial charge in [0, 0.05) is 38.3 Å². The van der Waals surface area contributed by atoms with E-state index in [1.807, 2.05) is 24.3 Å². The molecule has 0 aliphatic heterocycles. The molecule has 2 rings (SSSR count). The van der Waals surface area contributed by atoms with Gasteiger partial charge in [0.05, 0.1) is 6.61 Å². The molecule has 1 aromatic carbocycles. The number of aliphatic imine (C=N–C) groups is 1. The number of hydrogen-bond acceptors (Lipinski definition) is 3. The molecule has 29 heavy (non-hydrogen) atoms. The largest absolute Gasteiger partial charge is 0.380 e. The zero-order valence-corrected chi connectivity index (χ0v) is 20.3. The van der Waals surface area contributed by atoms with Gasteiger partial charge in [0.25, 0.3) is 0 Å². The SMILES string of the molecule is CN=C(NCCOCCC(C)C)NCc1cccc(NC(=O)C2CCCC2)c1.I. The highest BCUT2D eigenvalue weighted by atomic mass is 127. The van der Waals surface area contributed by atoms with Gasteiger partial charge in [0.1, 0.15) is 0 Å². The van der Waals surface area contributed by atoms with E-state index in [2.05, 4.69) is 34.8 Å². The highest BCUT2D eigenvalue weighted by Crippen LogP contribution is 2.26. The highest BCUT2D eigenvalue weighted by molar-refractivity contribution is 14.0. The maximum Gasteiger partial charge on any atom is 0.227 e. The number of carbonyl (C=O) groups excluding carboxylic acids is 1. The molecule has 6 nitrogen and oxygen atoms in total. The van der Waals surface area contributed by atoms with Crippen LogP contribution in [0.15, 0.2) is 29.3 Å². The summed E-state index contributed by atoms with van der Waals surface area (Å²) in [5, 5.41) is 9.62. The molecule has 1 aromatic rings. The van der Waals surface area contributed by atoms with Crippen molar-refractivity contribution in [1.82, 2.24) is 10.6 Å². The molecule has 0 bridgehead atoms. The van der Waals surface area contributed by atoms with E-state index in [1.54, 1.807) is 7.05 Å². The molecule has 0 spiro atoms. The lowest BCUT2D eigenvalue weighted by Gasteiger charge is -2.14. The predicted octanol–water partition coefficient (Wildman–Crippen LogP) is 4.16. The summed E-state index contributed by atoms with van der Waals surface area (Å²) in [6.45, 7) is 7.21. The van der Waals surface area contributed by atoms with Crippen LogP contribution in [-0.4, -0.2) is 38.7 Å². The van der Waals surface area contributed by atoms with E-state index in [0.29, 0.717) is 19.1 Å². The van der Waals surface area contributed by atoms with Crippen molar-refractivity contribution in [3.8, 4) is 0 Å². The molecule has 0 aromatic heterocycles. The molecule has 0 radical (unpaired) electrons. The molecule has 0 saturated heterocycles. The Hall–Kier alpha value is -1.35. The van der Waals surface area contributed by atoms with E-state index in [0.717, 1.165) is 62.5 Å². The van der Waals surface area contributed by atoms with Crippen LogP contribution >= 0.6 is 24.0 Å². The number of anilines is 1. The highest BCUT2D eigenvalue weighted by Gasteiger charge is 2.22. The Labute approximate surface area is 192 Å². The van der Waals surface area contributed by atoms with Gasteiger partial charge in [-0.15, -0.1) is 24.0 Å². The fourth-order valence-corrected chi connectivity index (χ4v) is 3.26. The summed E-state index contributed by atoms with van der Waals surface area (Å²) in [6, 6.07) is 7.97. The maximum absolute atomic E-state index is 12.3. The van der Waals surface area contributed by atoms with Crippen molar-refractivity contribution in [1.29, 1.82) is 0 Å². The number of nitrogens with one attached hydrogen (secondary N) is 3. The molecule has 164 valence electrons. The Morgan fingerprint density at radius 1 is 1.21 bits per heavy atom. The van der Waals surface area contributed by atoms with E-state index >= 15 is 0 Å². The summed E-state index contributed by atoms with van der Waals surface area (Å²) in [6.07, 6.45) is 5.43. The second-order valence-corrected chi connectivity index (χ2v) is 7.82. The Bertz CT molecular complexity index is 631. The van der Waals surface area contributed by atoms with Crippen LogP contribution in [0.2, 0.25) is 0 Å². The standard InChI is InChI=1S/C22H36N4O2.HI/c1-17(2)11-13-28-14-12-24-22(23-3)25-16-18-7-6-10-20(15-18)26-21(27)19-8-4-5-9-19;/h6-7,10,15,17,19H,4-5,8-9,11-14,16H2,1-3H3,(H,26,27)(H2,23,24,25);1H. The molecule has 1 aliphatic rings. The fraction of sp³-hybridized carbons (Fsp3) is 0.636. The number of amides is 1. The Kier molecular flexibility index (Phi) is 12.9. The molecule has 1 fully saturated rings. The smallest absolute Gasteiger partial charge is 0.227 e. The number of guanidine groups is 1. The number of carbonyl (C=O) groups is 1. The number of halogens is 1. The number of benzene rings is 1. The van der Waals surface area contributed by atoms with Gasteiger partial charge >= 0.3 is 0 Å². The van der Waals surface area contributed by atoms with Gasteiger partial charge in [-0.25, -0.2) is 0 Å². The van der Waals surface area contributed by atoms with Crippen LogP contribution in [0.1, 0.15) is 51.5 Å². The summed E-state index contributed by atoms with van der Waals surface area (Å²) < 4.78 is 5.61. The lowest BCUT2D eigenvalue weighted by molar-refractivity contribution is -0.119. The first-order chi connectivity index (χ1) is 13.6. The molecule has 0 heterocycles. The number of rotatable bonds is 10. The third-order valence-corrected chi connectivity index (χ3v) is 4.98. The first-order valence-corrected chi connectivity index (χ1v) is 10.5. The Morgan fingerprint density at radius 3 is 2.66 bits per heavy atom. The van der Waals surface area contributed by atoms with Crippen molar-refractivity contribution in [3.05, 3.63) is 29.8 Å². The first-order valence-electron chi connectivity index (χ1n) is 10.5. The van der Waals surface area contributed by atoms with Gasteiger partial charge in [0.2, 0.25) is 5.91 Å². The van der Waals surface area contributed by atoms with Crippen LogP contribution in [0.4, 0.5) is 5.69 Å². The van der Waals surface area contributed by atoms with Gasteiger partial charge in [0.15, 0.2) is 5.96 Å². The molecule has 7 heteroatoms. The van der Waals surface area contributed by atoms with Crippen LogP contribution in [0.3, 0.4) is 0 Å². The lowest BCUT2D eigenvalue weighted by atomic mass is 10.1. The summed E-state index contributed by atoms with van der Waals surface area (Å²) in [5.41, 5.74) is 1.96. The van der Waals surface area contributed by atoms with E-state index < -0.39 is 0 Å². The molecule has 1 saturated carbocycles. The van der Waals surface area contributed by atoms with Gasteiger partial charge in [-0.05, 0) is 42.9 Å². The van der Waals surface area contributed by atoms with E-state index in [-0.39, 0.29) is 35.8 Å². The summed E-state index contributed by atoms with van der Waals surface area (Å²) in [7, 11) is 1.76. The topological polar surface area (TPSA) is 74.8 Å². The van der Waals surface area contributed by atoms with Crippen molar-refractivity contribution in [2.75, 3.05) is 32.1 Å². The Balaban J connectivity index is 0.00000420. The fourth-order valence-electron chi connectivity index (χ4n) is 3.26. The lowest BCUT2D eigenvalue weighted by Crippen LogP contribution is -2.38. The van der Waals surface area contributed by atoms with Gasteiger partial charge in [-0.1, -0.05) is 38.8 Å². The normalized spacial score (nSPS) is 14.6. The van der Waals surface area contributed by atoms with Crippen molar-refractivity contribution in [3.63, 3.8) is 0 Å². The second kappa shape index (κ2) is 14.6. The second-order valence-electron chi connectivity index (χ2n) is 7.82. The van der Waals surface area contributed by atoms with Crippen molar-refractivity contribution >= 4 is 41.5 Å². The van der Waals surface area contributed by atoms with Crippen LogP contribution in [0, 0.1) is 11.8 Å². The van der Waals surface area contributed by atoms with E-state index in [9.17, 15) is 4.79 Å². The minimum Gasteiger partial charge on any atom is -0.380 e. The molecule has 0 atom stereocenters. The zero-order chi connectivity index (χ0) is 20.2. The minimum absolute atomic E-state index is 0. The van der Waals surface area contributed by atoms with Gasteiger partial charge < -0.3 is 20.7 Å². The van der Waals surface area contributed by atoms with Crippen molar-refractivity contribution in [2.24, 2.45) is 16.8 Å². The van der Waals surface area contributed by atoms with E-state index in [1.165, 1.54) is 0 Å². The van der Waals surface area contributed by atoms with Crippen LogP contribution in [0.5, 0.6) is 0 Å². The van der Waals surface area contributed by atoms with Crippen LogP contribution in [-0.2, 0) is 16.1 Å². The first kappa shape index (κ1) is 25.7. The van der Waals surface area contributed by atoms with Gasteiger partial charge in [-0.2, -0.15) is 0 Å². The predicted molar refractivity (Wildman–Crippen MR) is 131 cm³/mol. The minimum atomic E-state index is 0. The number of ether oxygens (including phenoxy) is 1. The van der Waals surface area contributed by atoms with E-state index in [4.69, 9.17) is 4.74 Å². The van der Waals surface area contributed by atoms with Crippen molar-refractivity contribution in [2.45, 2.75) is 52.5 Å². The zero-order valence-electron chi connectivity index (χ0n) is 18.0. The molecule has 3 N–H and O–H groups in total. The summed E-state index contributed by atoms with van der Waals surface area (Å²) in [5.74, 6) is 1.74. The molecular formula is C22H37IN4O2. The van der Waals surface area contributed by atoms with Crippen LogP contribution < -0.4 is 16.0 Å². The molecule has 1 aliphatic carbocycles. The van der Waals surface area contributed by atoms with Gasteiger partial charge in [-0.3, -0.25) is 9.79 Å². The van der Waals surface area contributed by atoms with Crippen LogP contribution in [0.25, 0.3) is 0 Å². The average Bonchev–Trinajstić information content (AvgIpc) is 3.22. The average molecular weight is 516 g/mol. The quantitative estimate of drug-likeness (QED) is 0.189. The summed E-state index contributed by atoms with van der Waals surface area (Å²) in [4.78, 5) is 16.5. The Morgan fingerprint density at radius 2 is 1.97 bits per heavy atom. The van der Waals surface area contributed by atoms with Crippen molar-refractivity contribution < 1.29 is 9.53 Å². The maximum atomic E-state index is 12.3. The molecule has 0 unspecified atom stereocenters. The number of nitrogens with zero attached hydrogens (tertiary/aromatic N) is 1. The number of hydrogen-bond donors (Lipinski definition) is 3. The molecular weight excluding hydrogens is 479 g/mol.